The van der Waals surface area contributed by atoms with Gasteiger partial charge in [-0.25, -0.2) is 0 Å². The van der Waals surface area contributed by atoms with Crippen LogP contribution in [-0.2, 0) is 19.2 Å². The van der Waals surface area contributed by atoms with Crippen molar-refractivity contribution in [1.82, 2.24) is 20.4 Å². The molecule has 186 valence electrons. The van der Waals surface area contributed by atoms with Crippen LogP contribution in [0.15, 0.2) is 24.3 Å². The van der Waals surface area contributed by atoms with Crippen LogP contribution in [-0.4, -0.2) is 71.4 Å². The maximum Gasteiger partial charge on any atom is 0.251 e. The van der Waals surface area contributed by atoms with Crippen molar-refractivity contribution >= 4 is 35.4 Å². The number of benzene rings is 1. The largest absolute Gasteiger partial charge is 0.352 e. The molecular weight excluding hydrogens is 440 g/mol. The fourth-order valence-electron chi connectivity index (χ4n) is 3.24. The highest BCUT2D eigenvalue weighted by atomic mass is 16.2. The van der Waals surface area contributed by atoms with E-state index in [-0.39, 0.29) is 35.4 Å². The van der Waals surface area contributed by atoms with Crippen molar-refractivity contribution in [2.45, 2.75) is 53.4 Å². The normalized spacial score (nSPS) is 10.2. The first-order chi connectivity index (χ1) is 16.0. The first-order valence-electron chi connectivity index (χ1n) is 11.3. The summed E-state index contributed by atoms with van der Waals surface area (Å²) < 4.78 is 0. The van der Waals surface area contributed by atoms with E-state index in [1.54, 1.807) is 24.3 Å². The lowest BCUT2D eigenvalue weighted by molar-refractivity contribution is -0.143. The molecule has 0 aliphatic rings. The number of hydrogen-bond donors (Lipinski definition) is 2. The summed E-state index contributed by atoms with van der Waals surface area (Å²) in [4.78, 5) is 72.3. The fraction of sp³-hybridized carbons (Fsp3) is 0.500. The molecule has 0 spiro atoms. The molecule has 0 saturated carbocycles. The molecule has 1 aromatic carbocycles. The summed E-state index contributed by atoms with van der Waals surface area (Å²) in [6, 6.07) is 6.26. The molecule has 10 nitrogen and oxygen atoms in total. The Labute approximate surface area is 200 Å². The molecule has 0 heterocycles. The van der Waals surface area contributed by atoms with Crippen LogP contribution < -0.4 is 10.6 Å². The van der Waals surface area contributed by atoms with E-state index >= 15 is 0 Å². The maximum atomic E-state index is 12.3. The molecule has 10 heteroatoms. The molecule has 0 aromatic heterocycles. The van der Waals surface area contributed by atoms with Gasteiger partial charge in [0, 0.05) is 65.0 Å². The average molecular weight is 475 g/mol. The van der Waals surface area contributed by atoms with Crippen LogP contribution in [0, 0.1) is 0 Å². The van der Waals surface area contributed by atoms with E-state index in [9.17, 15) is 28.8 Å². The van der Waals surface area contributed by atoms with Crippen LogP contribution in [0.25, 0.3) is 0 Å². The van der Waals surface area contributed by atoms with Crippen LogP contribution in [0.1, 0.15) is 74.1 Å². The summed E-state index contributed by atoms with van der Waals surface area (Å²) in [5.74, 6) is -1.74. The van der Waals surface area contributed by atoms with Gasteiger partial charge in [0.05, 0.1) is 0 Å². The minimum Gasteiger partial charge on any atom is -0.352 e. The van der Waals surface area contributed by atoms with E-state index in [0.717, 1.165) is 0 Å². The Balaban J connectivity index is 2.35. The number of amides is 6. The van der Waals surface area contributed by atoms with E-state index < -0.39 is 0 Å². The average Bonchev–Trinajstić information content (AvgIpc) is 2.77. The van der Waals surface area contributed by atoms with Crippen LogP contribution in [0.2, 0.25) is 0 Å². The molecule has 0 fully saturated rings. The molecule has 2 N–H and O–H groups in total. The zero-order chi connectivity index (χ0) is 25.7. The third-order valence-electron chi connectivity index (χ3n) is 5.12. The highest BCUT2D eigenvalue weighted by molar-refractivity contribution is 5.98. The first kappa shape index (κ1) is 28.5. The van der Waals surface area contributed by atoms with Gasteiger partial charge in [-0.2, -0.15) is 0 Å². The Morgan fingerprint density at radius 2 is 0.853 bits per heavy atom. The van der Waals surface area contributed by atoms with Crippen molar-refractivity contribution in [3.05, 3.63) is 35.4 Å². The lowest BCUT2D eigenvalue weighted by atomic mass is 10.1. The van der Waals surface area contributed by atoms with Crippen molar-refractivity contribution < 1.29 is 28.8 Å². The molecule has 34 heavy (non-hydrogen) atoms. The molecule has 0 bridgehead atoms. The third kappa shape index (κ3) is 9.93. The Morgan fingerprint density at radius 3 is 1.12 bits per heavy atom. The SMILES string of the molecule is CC(=O)N(CCCCNC(=O)c1ccc(C(=O)NCCCCN(C(C)=O)C(C)=O)cc1)C(C)=O. The molecular formula is C24H34N4O6. The summed E-state index contributed by atoms with van der Waals surface area (Å²) in [5.41, 5.74) is 0.832. The smallest absolute Gasteiger partial charge is 0.251 e. The summed E-state index contributed by atoms with van der Waals surface area (Å²) in [5, 5.41) is 5.55. The van der Waals surface area contributed by atoms with Gasteiger partial charge in [-0.05, 0) is 49.9 Å². The molecule has 1 rings (SSSR count). The second kappa shape index (κ2) is 14.6. The number of hydrogen-bond acceptors (Lipinski definition) is 6. The van der Waals surface area contributed by atoms with E-state index in [1.165, 1.54) is 37.5 Å². The Hall–Kier alpha value is -3.56. The van der Waals surface area contributed by atoms with E-state index in [0.29, 0.717) is 63.0 Å². The minimum atomic E-state index is -0.298. The number of imide groups is 2. The molecule has 0 radical (unpaired) electrons. The van der Waals surface area contributed by atoms with Crippen molar-refractivity contribution in [3.63, 3.8) is 0 Å². The zero-order valence-electron chi connectivity index (χ0n) is 20.3. The highest BCUT2D eigenvalue weighted by Crippen LogP contribution is 2.05. The predicted octanol–water partition coefficient (Wildman–Crippen LogP) is 1.50. The van der Waals surface area contributed by atoms with Gasteiger partial charge in [0.2, 0.25) is 23.6 Å². The number of rotatable bonds is 12. The van der Waals surface area contributed by atoms with Crippen LogP contribution in [0.3, 0.4) is 0 Å². The second-order valence-electron chi connectivity index (χ2n) is 7.88. The first-order valence-corrected chi connectivity index (χ1v) is 11.3. The summed E-state index contributed by atoms with van der Waals surface area (Å²) in [7, 11) is 0. The van der Waals surface area contributed by atoms with Gasteiger partial charge < -0.3 is 10.6 Å². The van der Waals surface area contributed by atoms with Gasteiger partial charge in [0.15, 0.2) is 0 Å². The number of unbranched alkanes of at least 4 members (excludes halogenated alkanes) is 2. The Bertz CT molecular complexity index is 796. The predicted molar refractivity (Wildman–Crippen MR) is 126 cm³/mol. The minimum absolute atomic E-state index is 0.276. The van der Waals surface area contributed by atoms with Gasteiger partial charge in [0.25, 0.3) is 11.8 Å². The van der Waals surface area contributed by atoms with Crippen LogP contribution in [0.4, 0.5) is 0 Å². The van der Waals surface area contributed by atoms with Gasteiger partial charge >= 0.3 is 0 Å². The quantitative estimate of drug-likeness (QED) is 0.441. The van der Waals surface area contributed by atoms with Crippen LogP contribution >= 0.6 is 0 Å². The van der Waals surface area contributed by atoms with Crippen molar-refractivity contribution in [3.8, 4) is 0 Å². The van der Waals surface area contributed by atoms with Gasteiger partial charge in [-0.1, -0.05) is 0 Å². The molecule has 0 atom stereocenters. The van der Waals surface area contributed by atoms with E-state index in [4.69, 9.17) is 0 Å². The van der Waals surface area contributed by atoms with Gasteiger partial charge in [-0.15, -0.1) is 0 Å². The summed E-state index contributed by atoms with van der Waals surface area (Å²) in [6.07, 6.45) is 2.39. The monoisotopic (exact) mass is 474 g/mol. The van der Waals surface area contributed by atoms with Crippen molar-refractivity contribution in [2.24, 2.45) is 0 Å². The lowest BCUT2D eigenvalue weighted by Gasteiger charge is -2.16. The molecule has 0 unspecified atom stereocenters. The Morgan fingerprint density at radius 1 is 0.559 bits per heavy atom. The van der Waals surface area contributed by atoms with E-state index in [1.807, 2.05) is 0 Å². The second-order valence-corrected chi connectivity index (χ2v) is 7.88. The topological polar surface area (TPSA) is 133 Å². The lowest BCUT2D eigenvalue weighted by Crippen LogP contribution is -2.34. The highest BCUT2D eigenvalue weighted by Gasteiger charge is 2.14. The number of nitrogens with zero attached hydrogens (tertiary/aromatic N) is 2. The van der Waals surface area contributed by atoms with Crippen molar-refractivity contribution in [1.29, 1.82) is 0 Å². The number of carbonyl (C=O) groups is 6. The molecule has 0 aliphatic heterocycles. The number of carbonyl (C=O) groups excluding carboxylic acids is 6. The summed E-state index contributed by atoms with van der Waals surface area (Å²) in [6.45, 7) is 6.79. The van der Waals surface area contributed by atoms with Gasteiger partial charge in [-0.3, -0.25) is 38.6 Å². The van der Waals surface area contributed by atoms with Crippen molar-refractivity contribution in [2.75, 3.05) is 26.2 Å². The molecule has 6 amide bonds. The third-order valence-corrected chi connectivity index (χ3v) is 5.12. The molecule has 0 aliphatic carbocycles. The fourth-order valence-corrected chi connectivity index (χ4v) is 3.24. The molecule has 0 saturated heterocycles. The Kier molecular flexibility index (Phi) is 12.2. The standard InChI is InChI=1S/C24H34N4O6/c1-17(29)27(18(2)30)15-7-5-13-25-23(33)21-9-11-22(12-10-21)24(34)26-14-6-8-16-28(19(3)31)20(4)32/h9-12H,5-8,13-16H2,1-4H3,(H,25,33)(H,26,34). The van der Waals surface area contributed by atoms with E-state index in [2.05, 4.69) is 10.6 Å². The maximum absolute atomic E-state index is 12.3. The molecule has 1 aromatic rings. The van der Waals surface area contributed by atoms with Gasteiger partial charge in [0.1, 0.15) is 0 Å². The van der Waals surface area contributed by atoms with Crippen LogP contribution in [0.5, 0.6) is 0 Å². The summed E-state index contributed by atoms with van der Waals surface area (Å²) >= 11 is 0. The zero-order valence-corrected chi connectivity index (χ0v) is 20.3. The number of nitrogens with one attached hydrogen (secondary N) is 2.